The van der Waals surface area contributed by atoms with Crippen LogP contribution in [0.25, 0.3) is 0 Å². The Hall–Kier alpha value is -4.79. The van der Waals surface area contributed by atoms with Crippen molar-refractivity contribution in [1.82, 2.24) is 4.90 Å². The Morgan fingerprint density at radius 2 is 1.71 bits per heavy atom. The molecule has 0 aliphatic carbocycles. The molecule has 3 amide bonds. The summed E-state index contributed by atoms with van der Waals surface area (Å²) < 4.78 is 0. The van der Waals surface area contributed by atoms with E-state index >= 15 is 0 Å². The summed E-state index contributed by atoms with van der Waals surface area (Å²) in [5.41, 5.74) is 4.84. The lowest BCUT2D eigenvalue weighted by Crippen LogP contribution is -2.46. The molecule has 2 aliphatic rings. The van der Waals surface area contributed by atoms with Crippen LogP contribution >= 0.6 is 0 Å². The lowest BCUT2D eigenvalue weighted by Gasteiger charge is -2.36. The zero-order chi connectivity index (χ0) is 35.1. The van der Waals surface area contributed by atoms with Crippen LogP contribution in [0.1, 0.15) is 63.6 Å². The standard InChI is InChI=1S/C41H47N3O5/c1-29(2)12-10-13-30(3)22-23-42-38-21-20-35(44(28-46)34-17-6-5-7-18-34)25-37(38)41(49,40(42)48)31(4)14-11-19-39(47)43-26-33-16-9-8-15-32(33)24-36(43)27-45/h5-9,11-12,14-18,20-22,25,28,31,36,45,49H,10,13,19,23-24,26-27H2,1-4H3/b14-11+,30-22+/t31-,36-,41+/m0/s1. The molecule has 8 nitrogen and oxygen atoms in total. The molecule has 2 heterocycles. The molecule has 3 aromatic carbocycles. The lowest BCUT2D eigenvalue weighted by atomic mass is 9.82. The fourth-order valence-corrected chi connectivity index (χ4v) is 6.74. The molecule has 0 spiro atoms. The molecule has 5 rings (SSSR count). The number of fused-ring (bicyclic) bond motifs is 2. The van der Waals surface area contributed by atoms with Crippen molar-refractivity contribution < 1.29 is 24.6 Å². The number of nitrogens with zero attached hydrogens (tertiary/aromatic N) is 3. The van der Waals surface area contributed by atoms with Crippen LogP contribution in [0.5, 0.6) is 0 Å². The number of anilines is 3. The van der Waals surface area contributed by atoms with E-state index in [2.05, 4.69) is 19.9 Å². The maximum Gasteiger partial charge on any atom is 0.264 e. The zero-order valence-corrected chi connectivity index (χ0v) is 28.9. The van der Waals surface area contributed by atoms with E-state index in [4.69, 9.17) is 0 Å². The summed E-state index contributed by atoms with van der Waals surface area (Å²) in [5, 5.41) is 22.4. The smallest absolute Gasteiger partial charge is 0.264 e. The molecule has 0 aromatic heterocycles. The molecule has 49 heavy (non-hydrogen) atoms. The van der Waals surface area contributed by atoms with E-state index in [0.29, 0.717) is 35.6 Å². The number of rotatable bonds is 13. The van der Waals surface area contributed by atoms with E-state index < -0.39 is 17.4 Å². The number of hydrogen-bond donors (Lipinski definition) is 2. The van der Waals surface area contributed by atoms with Gasteiger partial charge in [0.2, 0.25) is 12.3 Å². The fraction of sp³-hybridized carbons (Fsp3) is 0.341. The number of carbonyl (C=O) groups excluding carboxylic acids is 3. The molecule has 0 saturated heterocycles. The molecule has 0 unspecified atom stereocenters. The summed E-state index contributed by atoms with van der Waals surface area (Å²) in [4.78, 5) is 44.7. The summed E-state index contributed by atoms with van der Waals surface area (Å²) in [6.45, 7) is 8.53. The maximum absolute atomic E-state index is 14.2. The van der Waals surface area contributed by atoms with E-state index in [-0.39, 0.29) is 31.5 Å². The van der Waals surface area contributed by atoms with E-state index in [1.165, 1.54) is 10.5 Å². The highest BCUT2D eigenvalue weighted by Gasteiger charge is 2.52. The minimum Gasteiger partial charge on any atom is -0.394 e. The first kappa shape index (κ1) is 35.5. The molecule has 0 radical (unpaired) electrons. The van der Waals surface area contributed by atoms with Crippen molar-refractivity contribution in [3.8, 4) is 0 Å². The van der Waals surface area contributed by atoms with Gasteiger partial charge in [-0.1, -0.05) is 84.8 Å². The number of amides is 3. The molecule has 256 valence electrons. The highest BCUT2D eigenvalue weighted by atomic mass is 16.3. The van der Waals surface area contributed by atoms with Crippen molar-refractivity contribution >= 4 is 35.3 Å². The fourth-order valence-electron chi connectivity index (χ4n) is 6.74. The largest absolute Gasteiger partial charge is 0.394 e. The molecule has 8 heteroatoms. The van der Waals surface area contributed by atoms with E-state index in [1.807, 2.05) is 67.6 Å². The normalized spacial score (nSPS) is 19.4. The highest BCUT2D eigenvalue weighted by Crippen LogP contribution is 2.47. The average Bonchev–Trinajstić information content (AvgIpc) is 3.32. The van der Waals surface area contributed by atoms with Gasteiger partial charge in [0.1, 0.15) is 0 Å². The van der Waals surface area contributed by atoms with Gasteiger partial charge in [0.05, 0.1) is 18.3 Å². The van der Waals surface area contributed by atoms with Gasteiger partial charge >= 0.3 is 0 Å². The predicted octanol–water partition coefficient (Wildman–Crippen LogP) is 6.74. The molecule has 0 saturated carbocycles. The van der Waals surface area contributed by atoms with Gasteiger partial charge < -0.3 is 20.0 Å². The van der Waals surface area contributed by atoms with Crippen molar-refractivity contribution in [3.05, 3.63) is 125 Å². The van der Waals surface area contributed by atoms with Gasteiger partial charge in [0.15, 0.2) is 5.60 Å². The lowest BCUT2D eigenvalue weighted by molar-refractivity contribution is -0.139. The molecule has 0 bridgehead atoms. The number of hydrogen-bond acceptors (Lipinski definition) is 5. The Balaban J connectivity index is 1.42. The topological polar surface area (TPSA) is 101 Å². The third-order valence-electron chi connectivity index (χ3n) is 9.65. The van der Waals surface area contributed by atoms with E-state index in [9.17, 15) is 24.6 Å². The minimum atomic E-state index is -1.93. The Morgan fingerprint density at radius 1 is 1.00 bits per heavy atom. The van der Waals surface area contributed by atoms with Gasteiger partial charge in [-0.3, -0.25) is 19.3 Å². The third-order valence-corrected chi connectivity index (χ3v) is 9.65. The second-order valence-electron chi connectivity index (χ2n) is 13.3. The second kappa shape index (κ2) is 15.6. The van der Waals surface area contributed by atoms with Crippen molar-refractivity contribution in [2.75, 3.05) is 23.0 Å². The third kappa shape index (κ3) is 7.61. The number of aliphatic hydroxyl groups excluding tert-OH is 1. The molecule has 2 N–H and O–H groups in total. The molecular weight excluding hydrogens is 614 g/mol. The summed E-state index contributed by atoms with van der Waals surface area (Å²) in [7, 11) is 0. The zero-order valence-electron chi connectivity index (χ0n) is 28.9. The van der Waals surface area contributed by atoms with Gasteiger partial charge in [-0.15, -0.1) is 0 Å². The Bertz CT molecular complexity index is 1760. The Labute approximate surface area is 289 Å². The summed E-state index contributed by atoms with van der Waals surface area (Å²) >= 11 is 0. The monoisotopic (exact) mass is 661 g/mol. The predicted molar refractivity (Wildman–Crippen MR) is 194 cm³/mol. The highest BCUT2D eigenvalue weighted by molar-refractivity contribution is 6.08. The molecule has 3 atom stereocenters. The first-order chi connectivity index (χ1) is 23.6. The van der Waals surface area contributed by atoms with Gasteiger partial charge in [-0.25, -0.2) is 0 Å². The quantitative estimate of drug-likeness (QED) is 0.156. The van der Waals surface area contributed by atoms with Gasteiger partial charge in [0, 0.05) is 42.4 Å². The van der Waals surface area contributed by atoms with Crippen molar-refractivity contribution in [2.45, 2.75) is 71.6 Å². The van der Waals surface area contributed by atoms with Gasteiger partial charge in [-0.2, -0.15) is 0 Å². The maximum atomic E-state index is 14.2. The molecule has 0 fully saturated rings. The van der Waals surface area contributed by atoms with Crippen LogP contribution in [0.4, 0.5) is 17.1 Å². The summed E-state index contributed by atoms with van der Waals surface area (Å²) in [6, 6.07) is 22.1. The SMILES string of the molecule is CC(C)=CCC/C(C)=C/CN1C(=O)[C@@](O)([C@@H](C)/C=C/CC(=O)N2Cc3ccccc3C[C@H]2CO)c2cc(N(C=O)c3ccccc3)ccc21. The summed E-state index contributed by atoms with van der Waals surface area (Å²) in [6.07, 6.45) is 10.8. The number of allylic oxidation sites excluding steroid dienone is 3. The molecular formula is C41H47N3O5. The second-order valence-corrected chi connectivity index (χ2v) is 13.3. The Morgan fingerprint density at radius 3 is 2.41 bits per heavy atom. The Kier molecular flexibility index (Phi) is 11.3. The minimum absolute atomic E-state index is 0.0599. The van der Waals surface area contributed by atoms with Gasteiger partial charge in [0.25, 0.3) is 5.91 Å². The number of benzene rings is 3. The average molecular weight is 662 g/mol. The van der Waals surface area contributed by atoms with Crippen LogP contribution < -0.4 is 9.80 Å². The van der Waals surface area contributed by atoms with Crippen LogP contribution in [0.2, 0.25) is 0 Å². The first-order valence-corrected chi connectivity index (χ1v) is 17.0. The number of aliphatic hydroxyl groups is 2. The molecule has 2 aliphatic heterocycles. The summed E-state index contributed by atoms with van der Waals surface area (Å²) in [5.74, 6) is -1.29. The number of carbonyl (C=O) groups is 3. The van der Waals surface area contributed by atoms with E-state index in [0.717, 1.165) is 36.0 Å². The van der Waals surface area contributed by atoms with Crippen LogP contribution in [0.15, 0.2) is 108 Å². The first-order valence-electron chi connectivity index (χ1n) is 17.0. The van der Waals surface area contributed by atoms with Crippen LogP contribution in [-0.4, -0.2) is 52.5 Å². The van der Waals surface area contributed by atoms with Crippen LogP contribution in [-0.2, 0) is 33.0 Å². The van der Waals surface area contributed by atoms with Crippen molar-refractivity contribution in [3.63, 3.8) is 0 Å². The van der Waals surface area contributed by atoms with Crippen molar-refractivity contribution in [2.24, 2.45) is 5.92 Å². The van der Waals surface area contributed by atoms with Crippen LogP contribution in [0, 0.1) is 5.92 Å². The van der Waals surface area contributed by atoms with Gasteiger partial charge in [-0.05, 0) is 81.5 Å². The van der Waals surface area contributed by atoms with E-state index in [1.54, 1.807) is 47.1 Å². The van der Waals surface area contributed by atoms with Crippen molar-refractivity contribution in [1.29, 1.82) is 0 Å². The number of para-hydroxylation sites is 1. The molecule has 3 aromatic rings. The van der Waals surface area contributed by atoms with Crippen LogP contribution in [0.3, 0.4) is 0 Å².